The number of nitrogens with one attached hydrogen (secondary N) is 1. The average molecular weight is 384 g/mol. The Balaban J connectivity index is 1.61. The van der Waals surface area contributed by atoms with E-state index in [1.807, 2.05) is 0 Å². The molecule has 2 aromatic rings. The van der Waals surface area contributed by atoms with Gasteiger partial charge in [0.1, 0.15) is 0 Å². The summed E-state index contributed by atoms with van der Waals surface area (Å²) >= 11 is 0. The largest absolute Gasteiger partial charge is 0.329 e. The van der Waals surface area contributed by atoms with Crippen molar-refractivity contribution in [3.8, 4) is 0 Å². The van der Waals surface area contributed by atoms with E-state index in [0.29, 0.717) is 0 Å². The zero-order valence-corrected chi connectivity index (χ0v) is 17.2. The number of rotatable bonds is 5. The molecule has 0 aromatic heterocycles. The summed E-state index contributed by atoms with van der Waals surface area (Å²) in [6.45, 7) is 7.49. The second-order valence-electron chi connectivity index (χ2n) is 8.19. The van der Waals surface area contributed by atoms with Gasteiger partial charge in [0.15, 0.2) is 0 Å². The lowest BCUT2D eigenvalue weighted by Crippen LogP contribution is -2.46. The average Bonchev–Trinajstić information content (AvgIpc) is 3.50. The molecule has 0 bridgehead atoms. The first-order valence-corrected chi connectivity index (χ1v) is 12.4. The molecule has 0 amide bonds. The zero-order chi connectivity index (χ0) is 18.1. The SMILES string of the molecule is c1ccc2c(N[P+](N3CCCC3)(N3CCCC3)N3CCCC3)cccc2c1. The van der Waals surface area contributed by atoms with Crippen molar-refractivity contribution < 1.29 is 0 Å². The Labute approximate surface area is 164 Å². The summed E-state index contributed by atoms with van der Waals surface area (Å²) in [5.41, 5.74) is 1.33. The lowest BCUT2D eigenvalue weighted by atomic mass is 10.1. The fourth-order valence-electron chi connectivity index (χ4n) is 5.17. The van der Waals surface area contributed by atoms with Gasteiger partial charge in [-0.25, -0.2) is 5.09 Å². The first-order chi connectivity index (χ1) is 13.4. The summed E-state index contributed by atoms with van der Waals surface area (Å²) in [5, 5.41) is 6.95. The minimum Gasteiger partial charge on any atom is -0.214 e. The number of anilines is 1. The van der Waals surface area contributed by atoms with Crippen molar-refractivity contribution >= 4 is 24.3 Å². The number of benzene rings is 2. The molecule has 144 valence electrons. The van der Waals surface area contributed by atoms with E-state index in [4.69, 9.17) is 0 Å². The molecule has 5 rings (SSSR count). The van der Waals surface area contributed by atoms with E-state index in [2.05, 4.69) is 61.6 Å². The van der Waals surface area contributed by atoms with Crippen molar-refractivity contribution in [1.82, 2.24) is 14.0 Å². The van der Waals surface area contributed by atoms with Gasteiger partial charge in [-0.1, -0.05) is 36.4 Å². The van der Waals surface area contributed by atoms with Crippen LogP contribution in [0.5, 0.6) is 0 Å². The summed E-state index contributed by atoms with van der Waals surface area (Å²) in [4.78, 5) is 0. The highest BCUT2D eigenvalue weighted by atomic mass is 31.2. The fraction of sp³-hybridized carbons (Fsp3) is 0.545. The Morgan fingerprint density at radius 3 is 1.63 bits per heavy atom. The van der Waals surface area contributed by atoms with Crippen LogP contribution in [0.4, 0.5) is 5.69 Å². The molecule has 0 atom stereocenters. The minimum atomic E-state index is -1.72. The van der Waals surface area contributed by atoms with E-state index >= 15 is 0 Å². The minimum absolute atomic E-state index is 1.25. The normalized spacial score (nSPS) is 22.8. The van der Waals surface area contributed by atoms with Crippen LogP contribution in [-0.4, -0.2) is 53.3 Å². The highest BCUT2D eigenvalue weighted by Crippen LogP contribution is 2.69. The molecule has 1 N–H and O–H groups in total. The van der Waals surface area contributed by atoms with E-state index in [0.717, 1.165) is 0 Å². The maximum absolute atomic E-state index is 4.25. The van der Waals surface area contributed by atoms with Crippen molar-refractivity contribution in [3.63, 3.8) is 0 Å². The van der Waals surface area contributed by atoms with Gasteiger partial charge >= 0.3 is 7.87 Å². The summed E-state index contributed by atoms with van der Waals surface area (Å²) in [5.74, 6) is 0. The van der Waals surface area contributed by atoms with Crippen molar-refractivity contribution in [1.29, 1.82) is 0 Å². The molecule has 3 heterocycles. The Morgan fingerprint density at radius 2 is 1.07 bits per heavy atom. The lowest BCUT2D eigenvalue weighted by Gasteiger charge is -2.43. The predicted molar refractivity (Wildman–Crippen MR) is 117 cm³/mol. The molecular weight excluding hydrogens is 351 g/mol. The van der Waals surface area contributed by atoms with Gasteiger partial charge in [0, 0.05) is 44.7 Å². The van der Waals surface area contributed by atoms with Crippen LogP contribution in [0.25, 0.3) is 10.8 Å². The third-order valence-electron chi connectivity index (χ3n) is 6.49. The molecule has 3 aliphatic rings. The molecule has 5 heteroatoms. The van der Waals surface area contributed by atoms with Gasteiger partial charge in [0.25, 0.3) is 0 Å². The predicted octanol–water partition coefficient (Wildman–Crippen LogP) is 5.22. The first kappa shape index (κ1) is 17.9. The molecule has 4 nitrogen and oxygen atoms in total. The molecule has 2 aromatic carbocycles. The maximum atomic E-state index is 4.25. The van der Waals surface area contributed by atoms with E-state index in [9.17, 15) is 0 Å². The Bertz CT molecular complexity index is 731. The first-order valence-electron chi connectivity index (χ1n) is 10.8. The number of nitrogens with zero attached hydrogens (tertiary/aromatic N) is 3. The number of fused-ring (bicyclic) bond motifs is 1. The summed E-state index contributed by atoms with van der Waals surface area (Å²) in [7, 11) is -1.72. The Hall–Kier alpha value is -1.19. The molecule has 27 heavy (non-hydrogen) atoms. The van der Waals surface area contributed by atoms with E-state index in [1.54, 1.807) is 0 Å². The molecule has 0 aliphatic carbocycles. The lowest BCUT2D eigenvalue weighted by molar-refractivity contribution is 0.377. The van der Waals surface area contributed by atoms with E-state index in [1.165, 1.54) is 94.3 Å². The van der Waals surface area contributed by atoms with Crippen LogP contribution in [-0.2, 0) is 0 Å². The van der Waals surface area contributed by atoms with Gasteiger partial charge in [-0.05, 0) is 50.0 Å². The molecule has 0 saturated carbocycles. The van der Waals surface area contributed by atoms with E-state index in [-0.39, 0.29) is 0 Å². The van der Waals surface area contributed by atoms with Gasteiger partial charge in [-0.15, -0.1) is 14.0 Å². The Kier molecular flexibility index (Phi) is 5.08. The van der Waals surface area contributed by atoms with Gasteiger partial charge in [0.05, 0.1) is 5.69 Å². The second-order valence-corrected chi connectivity index (χ2v) is 11.2. The van der Waals surface area contributed by atoms with Crippen LogP contribution in [0, 0.1) is 0 Å². The molecule has 3 fully saturated rings. The van der Waals surface area contributed by atoms with Gasteiger partial charge < -0.3 is 0 Å². The van der Waals surface area contributed by atoms with Crippen LogP contribution in [0.1, 0.15) is 38.5 Å². The third-order valence-corrected chi connectivity index (χ3v) is 10.6. The topological polar surface area (TPSA) is 21.8 Å². The van der Waals surface area contributed by atoms with Crippen molar-refractivity contribution in [2.45, 2.75) is 38.5 Å². The number of hydrogen-bond donors (Lipinski definition) is 1. The molecule has 3 aliphatic heterocycles. The highest BCUT2D eigenvalue weighted by molar-refractivity contribution is 7.70. The van der Waals surface area contributed by atoms with Crippen molar-refractivity contribution in [2.75, 3.05) is 44.4 Å². The molecule has 3 saturated heterocycles. The summed E-state index contributed by atoms with van der Waals surface area (Å²) in [6.07, 6.45) is 8.09. The monoisotopic (exact) mass is 383 g/mol. The molecule has 0 unspecified atom stereocenters. The van der Waals surface area contributed by atoms with Crippen LogP contribution < -0.4 is 5.09 Å². The number of hydrogen-bond acceptors (Lipinski definition) is 4. The Morgan fingerprint density at radius 1 is 0.593 bits per heavy atom. The van der Waals surface area contributed by atoms with Crippen molar-refractivity contribution in [3.05, 3.63) is 42.5 Å². The fourth-order valence-corrected chi connectivity index (χ4v) is 9.71. The second kappa shape index (κ2) is 7.67. The van der Waals surface area contributed by atoms with Gasteiger partial charge in [-0.2, -0.15) is 0 Å². The van der Waals surface area contributed by atoms with Crippen molar-refractivity contribution in [2.24, 2.45) is 0 Å². The van der Waals surface area contributed by atoms with Crippen LogP contribution >= 0.6 is 7.87 Å². The smallest absolute Gasteiger partial charge is 0.214 e. The highest BCUT2D eigenvalue weighted by Gasteiger charge is 2.59. The van der Waals surface area contributed by atoms with Crippen LogP contribution in [0.2, 0.25) is 0 Å². The summed E-state index contributed by atoms with van der Waals surface area (Å²) < 4.78 is 8.56. The van der Waals surface area contributed by atoms with Gasteiger partial charge in [-0.3, -0.25) is 0 Å². The van der Waals surface area contributed by atoms with Gasteiger partial charge in [0.2, 0.25) is 0 Å². The van der Waals surface area contributed by atoms with Crippen LogP contribution in [0.3, 0.4) is 0 Å². The van der Waals surface area contributed by atoms with E-state index < -0.39 is 7.87 Å². The summed E-state index contributed by atoms with van der Waals surface area (Å²) in [6, 6.07) is 15.6. The molecule has 0 spiro atoms. The third kappa shape index (κ3) is 3.17. The van der Waals surface area contributed by atoms with Crippen LogP contribution in [0.15, 0.2) is 42.5 Å². The zero-order valence-electron chi connectivity index (χ0n) is 16.3. The quantitative estimate of drug-likeness (QED) is 0.715. The molecule has 0 radical (unpaired) electrons. The molecular formula is C22H32N4P+. The maximum Gasteiger partial charge on any atom is 0.329 e. The standard InChI is InChI=1S/C22H32N4P/c1-2-12-21-20(10-1)11-9-13-22(21)23-27(24-14-3-4-15-24,25-16-5-6-17-25)26-18-7-8-19-26/h1-2,9-13,23H,3-8,14-19H2/q+1.